The van der Waals surface area contributed by atoms with Crippen LogP contribution >= 0.6 is 0 Å². The minimum absolute atomic E-state index is 0.0178. The van der Waals surface area contributed by atoms with Crippen molar-refractivity contribution in [2.45, 2.75) is 33.7 Å². The Morgan fingerprint density at radius 1 is 1.03 bits per heavy atom. The molecular weight excluding hydrogens is 360 g/mol. The van der Waals surface area contributed by atoms with Gasteiger partial charge in [-0.25, -0.2) is 0 Å². The lowest BCUT2D eigenvalue weighted by molar-refractivity contribution is 0.0720. The lowest BCUT2D eigenvalue weighted by Crippen LogP contribution is -2.53. The molecule has 1 N–H and O–H groups in total. The van der Waals surface area contributed by atoms with E-state index in [4.69, 9.17) is 0 Å². The van der Waals surface area contributed by atoms with Gasteiger partial charge in [-0.05, 0) is 57.0 Å². The first-order chi connectivity index (χ1) is 13.9. The molecule has 1 unspecified atom stereocenters. The largest absolute Gasteiger partial charge is 0.365 e. The van der Waals surface area contributed by atoms with Crippen LogP contribution in [-0.4, -0.2) is 46.7 Å². The summed E-state index contributed by atoms with van der Waals surface area (Å²) in [5.74, 6) is 0.0178. The van der Waals surface area contributed by atoms with Gasteiger partial charge in [-0.15, -0.1) is 0 Å². The van der Waals surface area contributed by atoms with Crippen LogP contribution in [0.5, 0.6) is 0 Å². The second-order valence-electron chi connectivity index (χ2n) is 8.12. The van der Waals surface area contributed by atoms with E-state index in [0.717, 1.165) is 23.4 Å². The Kier molecular flexibility index (Phi) is 5.14. The van der Waals surface area contributed by atoms with Crippen molar-refractivity contribution in [3.63, 3.8) is 0 Å². The van der Waals surface area contributed by atoms with Gasteiger partial charge in [0.2, 0.25) is 0 Å². The molecule has 0 radical (unpaired) electrons. The van der Waals surface area contributed by atoms with Crippen LogP contribution in [0.15, 0.2) is 48.5 Å². The molecule has 1 saturated heterocycles. The number of nitrogens with one attached hydrogen (secondary N) is 1. The molecule has 0 spiro atoms. The smallest absolute Gasteiger partial charge is 0.272 e. The van der Waals surface area contributed by atoms with Crippen LogP contribution < -0.4 is 4.90 Å². The molecule has 1 fully saturated rings. The number of aromatic amines is 1. The standard InChI is InChI=1S/C24H28N4O/c1-16-6-5-7-20(13-16)28-11-10-27(15-19(28)4)24(29)23-14-22(25-26-23)21-9-8-17(2)12-18(21)3/h5-9,12-14,19H,10-11,15H2,1-4H3,(H,25,26). The topological polar surface area (TPSA) is 52.2 Å². The fourth-order valence-electron chi connectivity index (χ4n) is 4.17. The van der Waals surface area contributed by atoms with E-state index in [2.05, 4.69) is 85.3 Å². The number of H-pyrrole nitrogens is 1. The molecule has 2 aromatic carbocycles. The van der Waals surface area contributed by atoms with Crippen molar-refractivity contribution in [3.05, 3.63) is 70.9 Å². The second kappa shape index (κ2) is 7.74. The predicted octanol–water partition coefficient (Wildman–Crippen LogP) is 4.35. The van der Waals surface area contributed by atoms with Gasteiger partial charge in [0, 0.05) is 36.9 Å². The van der Waals surface area contributed by atoms with Gasteiger partial charge in [0.15, 0.2) is 0 Å². The molecule has 5 nitrogen and oxygen atoms in total. The number of hydrogen-bond donors (Lipinski definition) is 1. The Balaban J connectivity index is 1.48. The van der Waals surface area contributed by atoms with Crippen molar-refractivity contribution >= 4 is 11.6 Å². The number of carbonyl (C=O) groups excluding carboxylic acids is 1. The van der Waals surface area contributed by atoms with Crippen molar-refractivity contribution < 1.29 is 4.79 Å². The van der Waals surface area contributed by atoms with Crippen LogP contribution in [0, 0.1) is 20.8 Å². The minimum Gasteiger partial charge on any atom is -0.365 e. The molecule has 1 aliphatic rings. The van der Waals surface area contributed by atoms with Gasteiger partial charge in [-0.2, -0.15) is 5.10 Å². The molecule has 3 aromatic rings. The summed E-state index contributed by atoms with van der Waals surface area (Å²) < 4.78 is 0. The number of rotatable bonds is 3. The number of piperazine rings is 1. The number of nitrogens with zero attached hydrogens (tertiary/aromatic N) is 3. The maximum absolute atomic E-state index is 13.1. The predicted molar refractivity (Wildman–Crippen MR) is 117 cm³/mol. The van der Waals surface area contributed by atoms with Crippen LogP contribution in [0.25, 0.3) is 11.3 Å². The molecule has 1 amide bonds. The Morgan fingerprint density at radius 2 is 1.83 bits per heavy atom. The number of aromatic nitrogens is 2. The molecule has 1 atom stereocenters. The number of aryl methyl sites for hydroxylation is 3. The van der Waals surface area contributed by atoms with Crippen molar-refractivity contribution in [2.24, 2.45) is 0 Å². The average Bonchev–Trinajstić information content (AvgIpc) is 3.17. The average molecular weight is 389 g/mol. The Labute approximate surface area is 172 Å². The van der Waals surface area contributed by atoms with E-state index in [1.807, 2.05) is 11.0 Å². The minimum atomic E-state index is 0.0178. The summed E-state index contributed by atoms with van der Waals surface area (Å²) in [7, 11) is 0. The third-order valence-corrected chi connectivity index (χ3v) is 5.71. The molecule has 0 saturated carbocycles. The van der Waals surface area contributed by atoms with Gasteiger partial charge in [0.05, 0.1) is 5.69 Å². The third kappa shape index (κ3) is 3.90. The summed E-state index contributed by atoms with van der Waals surface area (Å²) in [6.45, 7) is 10.7. The summed E-state index contributed by atoms with van der Waals surface area (Å²) in [6, 6.07) is 17.0. The zero-order chi connectivity index (χ0) is 20.5. The van der Waals surface area contributed by atoms with Gasteiger partial charge in [-0.3, -0.25) is 9.89 Å². The molecule has 1 aromatic heterocycles. The summed E-state index contributed by atoms with van der Waals surface area (Å²) >= 11 is 0. The molecule has 150 valence electrons. The van der Waals surface area contributed by atoms with E-state index >= 15 is 0 Å². The zero-order valence-corrected chi connectivity index (χ0v) is 17.6. The van der Waals surface area contributed by atoms with Crippen LogP contribution in [0.4, 0.5) is 5.69 Å². The Hall–Kier alpha value is -3.08. The van der Waals surface area contributed by atoms with Gasteiger partial charge < -0.3 is 9.80 Å². The van der Waals surface area contributed by atoms with Crippen LogP contribution in [0.1, 0.15) is 34.1 Å². The molecule has 4 rings (SSSR count). The lowest BCUT2D eigenvalue weighted by Gasteiger charge is -2.41. The van der Waals surface area contributed by atoms with E-state index in [-0.39, 0.29) is 11.9 Å². The van der Waals surface area contributed by atoms with E-state index < -0.39 is 0 Å². The normalized spacial score (nSPS) is 16.9. The fraction of sp³-hybridized carbons (Fsp3) is 0.333. The Bertz CT molecular complexity index is 1040. The van der Waals surface area contributed by atoms with Crippen LogP contribution in [0.3, 0.4) is 0 Å². The first-order valence-electron chi connectivity index (χ1n) is 10.2. The molecule has 5 heteroatoms. The highest BCUT2D eigenvalue weighted by molar-refractivity contribution is 5.93. The maximum atomic E-state index is 13.1. The molecule has 29 heavy (non-hydrogen) atoms. The molecular formula is C24H28N4O. The number of carbonyl (C=O) groups is 1. The lowest BCUT2D eigenvalue weighted by atomic mass is 10.0. The number of hydrogen-bond acceptors (Lipinski definition) is 3. The summed E-state index contributed by atoms with van der Waals surface area (Å²) in [5.41, 5.74) is 7.29. The second-order valence-corrected chi connectivity index (χ2v) is 8.12. The third-order valence-electron chi connectivity index (χ3n) is 5.71. The van der Waals surface area contributed by atoms with E-state index in [9.17, 15) is 4.79 Å². The van der Waals surface area contributed by atoms with Gasteiger partial charge >= 0.3 is 0 Å². The summed E-state index contributed by atoms with van der Waals surface area (Å²) in [5, 5.41) is 7.35. The van der Waals surface area contributed by atoms with Gasteiger partial charge in [0.25, 0.3) is 5.91 Å². The van der Waals surface area contributed by atoms with Crippen LogP contribution in [0.2, 0.25) is 0 Å². The quantitative estimate of drug-likeness (QED) is 0.726. The number of benzene rings is 2. The molecule has 2 heterocycles. The van der Waals surface area contributed by atoms with Crippen molar-refractivity contribution in [2.75, 3.05) is 24.5 Å². The zero-order valence-electron chi connectivity index (χ0n) is 17.6. The van der Waals surface area contributed by atoms with Gasteiger partial charge in [-0.1, -0.05) is 35.9 Å². The van der Waals surface area contributed by atoms with E-state index in [1.54, 1.807) is 0 Å². The SMILES string of the molecule is Cc1cccc(N2CCN(C(=O)c3cc(-c4ccc(C)cc4C)n[nH]3)CC2C)c1. The summed E-state index contributed by atoms with van der Waals surface area (Å²) in [6.07, 6.45) is 0. The highest BCUT2D eigenvalue weighted by Crippen LogP contribution is 2.25. The van der Waals surface area contributed by atoms with E-state index in [0.29, 0.717) is 18.8 Å². The van der Waals surface area contributed by atoms with E-state index in [1.165, 1.54) is 16.8 Å². The fourth-order valence-corrected chi connectivity index (χ4v) is 4.17. The number of amides is 1. The first kappa shape index (κ1) is 19.2. The van der Waals surface area contributed by atoms with Gasteiger partial charge in [0.1, 0.15) is 5.69 Å². The molecule has 1 aliphatic heterocycles. The van der Waals surface area contributed by atoms with Crippen molar-refractivity contribution in [1.29, 1.82) is 0 Å². The van der Waals surface area contributed by atoms with Crippen molar-refractivity contribution in [3.8, 4) is 11.3 Å². The molecule has 0 bridgehead atoms. The summed E-state index contributed by atoms with van der Waals surface area (Å²) in [4.78, 5) is 17.4. The van der Waals surface area contributed by atoms with Crippen molar-refractivity contribution in [1.82, 2.24) is 15.1 Å². The van der Waals surface area contributed by atoms with Crippen LogP contribution in [-0.2, 0) is 0 Å². The maximum Gasteiger partial charge on any atom is 0.272 e. The first-order valence-corrected chi connectivity index (χ1v) is 10.2. The highest BCUT2D eigenvalue weighted by atomic mass is 16.2. The number of anilines is 1. The monoisotopic (exact) mass is 388 g/mol. The highest BCUT2D eigenvalue weighted by Gasteiger charge is 2.28. The Morgan fingerprint density at radius 3 is 2.55 bits per heavy atom. The molecule has 0 aliphatic carbocycles.